The molecule has 1 aliphatic rings. The van der Waals surface area contributed by atoms with Crippen LogP contribution >= 0.6 is 0 Å². The molecule has 0 unspecified atom stereocenters. The molecule has 32 heavy (non-hydrogen) atoms. The molecule has 1 aliphatic heterocycles. The average molecular weight is 449 g/mol. The third kappa shape index (κ3) is 15.2. The molecule has 1 rings (SSSR count). The highest BCUT2D eigenvalue weighted by molar-refractivity contribution is 4.96. The summed E-state index contributed by atoms with van der Waals surface area (Å²) in [5.41, 5.74) is 0. The summed E-state index contributed by atoms with van der Waals surface area (Å²) < 4.78 is 0. The zero-order valence-corrected chi connectivity index (χ0v) is 22.6. The quantitative estimate of drug-likeness (QED) is 0.135. The van der Waals surface area contributed by atoms with Crippen molar-refractivity contribution < 1.29 is 0 Å². The van der Waals surface area contributed by atoms with Gasteiger partial charge in [-0.15, -0.1) is 0 Å². The number of nitrogens with zero attached hydrogens (tertiary/aromatic N) is 2. The summed E-state index contributed by atoms with van der Waals surface area (Å²) in [6.45, 7) is 9.39. The topological polar surface area (TPSA) is 6.48 Å². The SMILES string of the molecule is CCCCCCCCCCCCCCCCCCCC1N(CCCC)C=CN1CCCC. The van der Waals surface area contributed by atoms with Gasteiger partial charge >= 0.3 is 0 Å². The monoisotopic (exact) mass is 448 g/mol. The summed E-state index contributed by atoms with van der Waals surface area (Å²) in [4.78, 5) is 5.23. The van der Waals surface area contributed by atoms with Gasteiger partial charge in [0, 0.05) is 25.5 Å². The second-order valence-corrected chi connectivity index (χ2v) is 10.4. The lowest BCUT2D eigenvalue weighted by Gasteiger charge is -2.33. The molecule has 190 valence electrons. The first-order chi connectivity index (χ1) is 15.8. The molecule has 1 heterocycles. The molecular formula is C30H60N2. The van der Waals surface area contributed by atoms with Crippen LogP contribution in [-0.2, 0) is 0 Å². The fourth-order valence-corrected chi connectivity index (χ4v) is 5.07. The Labute approximate surface area is 203 Å². The van der Waals surface area contributed by atoms with Crippen LogP contribution in [0.25, 0.3) is 0 Å². The van der Waals surface area contributed by atoms with E-state index < -0.39 is 0 Å². The van der Waals surface area contributed by atoms with E-state index in [1.807, 2.05) is 0 Å². The van der Waals surface area contributed by atoms with Gasteiger partial charge in [0.05, 0.1) is 0 Å². The van der Waals surface area contributed by atoms with Crippen molar-refractivity contribution in [2.45, 2.75) is 168 Å². The number of rotatable bonds is 24. The minimum Gasteiger partial charge on any atom is -0.356 e. The highest BCUT2D eigenvalue weighted by Crippen LogP contribution is 2.23. The zero-order valence-electron chi connectivity index (χ0n) is 22.6. The van der Waals surface area contributed by atoms with Gasteiger partial charge in [-0.05, 0) is 25.7 Å². The molecule has 0 amide bonds. The Bertz CT molecular complexity index is 388. The molecule has 2 nitrogen and oxygen atoms in total. The van der Waals surface area contributed by atoms with Crippen LogP contribution in [0.4, 0.5) is 0 Å². The van der Waals surface area contributed by atoms with Gasteiger partial charge in [-0.2, -0.15) is 0 Å². The van der Waals surface area contributed by atoms with Crippen LogP contribution in [0.2, 0.25) is 0 Å². The fourth-order valence-electron chi connectivity index (χ4n) is 5.07. The van der Waals surface area contributed by atoms with Crippen molar-refractivity contribution in [3.8, 4) is 0 Å². The maximum absolute atomic E-state index is 2.62. The van der Waals surface area contributed by atoms with E-state index in [1.54, 1.807) is 0 Å². The fraction of sp³-hybridized carbons (Fsp3) is 0.933. The van der Waals surface area contributed by atoms with E-state index in [0.717, 1.165) is 0 Å². The molecule has 0 atom stereocenters. The molecule has 0 bridgehead atoms. The summed E-state index contributed by atoms with van der Waals surface area (Å²) in [6.07, 6.45) is 36.7. The Hall–Kier alpha value is -0.660. The van der Waals surface area contributed by atoms with Crippen molar-refractivity contribution in [3.05, 3.63) is 12.4 Å². The summed E-state index contributed by atoms with van der Waals surface area (Å²) in [5.74, 6) is 0. The van der Waals surface area contributed by atoms with Crippen molar-refractivity contribution in [2.75, 3.05) is 13.1 Å². The second kappa shape index (κ2) is 22.1. The predicted octanol–water partition coefficient (Wildman–Crippen LogP) is 10.0. The number of hydrogen-bond donors (Lipinski definition) is 0. The van der Waals surface area contributed by atoms with Gasteiger partial charge in [0.2, 0.25) is 0 Å². The van der Waals surface area contributed by atoms with Crippen LogP contribution in [0.5, 0.6) is 0 Å². The molecule has 0 aromatic rings. The lowest BCUT2D eigenvalue weighted by Crippen LogP contribution is -2.39. The first-order valence-electron chi connectivity index (χ1n) is 15.0. The highest BCUT2D eigenvalue weighted by atomic mass is 15.4. The van der Waals surface area contributed by atoms with Gasteiger partial charge < -0.3 is 9.80 Å². The summed E-state index contributed by atoms with van der Waals surface area (Å²) in [7, 11) is 0. The Morgan fingerprint density at radius 3 is 1.06 bits per heavy atom. The first kappa shape index (κ1) is 29.4. The van der Waals surface area contributed by atoms with E-state index in [4.69, 9.17) is 0 Å². The van der Waals surface area contributed by atoms with Crippen molar-refractivity contribution in [2.24, 2.45) is 0 Å². The van der Waals surface area contributed by atoms with E-state index in [2.05, 4.69) is 43.0 Å². The van der Waals surface area contributed by atoms with Crippen molar-refractivity contribution in [3.63, 3.8) is 0 Å². The normalized spacial score (nSPS) is 14.2. The number of hydrogen-bond acceptors (Lipinski definition) is 2. The summed E-state index contributed by atoms with van der Waals surface area (Å²) in [5, 5.41) is 0. The third-order valence-electron chi connectivity index (χ3n) is 7.32. The van der Waals surface area contributed by atoms with Gasteiger partial charge in [-0.25, -0.2) is 0 Å². The molecule has 0 aromatic heterocycles. The van der Waals surface area contributed by atoms with E-state index in [9.17, 15) is 0 Å². The highest BCUT2D eigenvalue weighted by Gasteiger charge is 2.24. The minimum atomic E-state index is 0.643. The Morgan fingerprint density at radius 1 is 0.406 bits per heavy atom. The van der Waals surface area contributed by atoms with Crippen LogP contribution in [0.1, 0.15) is 162 Å². The van der Waals surface area contributed by atoms with Crippen LogP contribution in [0.3, 0.4) is 0 Å². The van der Waals surface area contributed by atoms with Crippen molar-refractivity contribution >= 4 is 0 Å². The number of unbranched alkanes of at least 4 members (excludes halogenated alkanes) is 18. The molecule has 0 aliphatic carbocycles. The zero-order chi connectivity index (χ0) is 23.1. The van der Waals surface area contributed by atoms with Crippen LogP contribution in [0, 0.1) is 0 Å². The molecule has 2 heteroatoms. The molecule has 0 fully saturated rings. The van der Waals surface area contributed by atoms with Gasteiger partial charge in [0.1, 0.15) is 6.17 Å². The average Bonchev–Trinajstić information content (AvgIpc) is 3.19. The predicted molar refractivity (Wildman–Crippen MR) is 145 cm³/mol. The maximum atomic E-state index is 2.62. The Kier molecular flexibility index (Phi) is 20.3. The molecule has 0 saturated carbocycles. The van der Waals surface area contributed by atoms with E-state index >= 15 is 0 Å². The Morgan fingerprint density at radius 2 is 0.719 bits per heavy atom. The van der Waals surface area contributed by atoms with Crippen LogP contribution in [-0.4, -0.2) is 29.1 Å². The van der Waals surface area contributed by atoms with Gasteiger partial charge in [0.15, 0.2) is 0 Å². The lowest BCUT2D eigenvalue weighted by atomic mass is 10.0. The first-order valence-corrected chi connectivity index (χ1v) is 15.0. The molecule has 0 saturated heterocycles. The van der Waals surface area contributed by atoms with Gasteiger partial charge in [0.25, 0.3) is 0 Å². The van der Waals surface area contributed by atoms with Crippen molar-refractivity contribution in [1.29, 1.82) is 0 Å². The summed E-state index contributed by atoms with van der Waals surface area (Å²) in [6, 6.07) is 0. The smallest absolute Gasteiger partial charge is 0.101 e. The van der Waals surface area contributed by atoms with Crippen LogP contribution < -0.4 is 0 Å². The van der Waals surface area contributed by atoms with E-state index in [1.165, 1.54) is 154 Å². The third-order valence-corrected chi connectivity index (χ3v) is 7.32. The van der Waals surface area contributed by atoms with Crippen molar-refractivity contribution in [1.82, 2.24) is 9.80 Å². The molecule has 0 aromatic carbocycles. The molecular weight excluding hydrogens is 388 g/mol. The summed E-state index contributed by atoms with van der Waals surface area (Å²) >= 11 is 0. The minimum absolute atomic E-state index is 0.643. The van der Waals surface area contributed by atoms with E-state index in [0.29, 0.717) is 6.17 Å². The molecule has 0 spiro atoms. The Balaban J connectivity index is 1.92. The second-order valence-electron chi connectivity index (χ2n) is 10.4. The van der Waals surface area contributed by atoms with Gasteiger partial charge in [-0.3, -0.25) is 0 Å². The van der Waals surface area contributed by atoms with Gasteiger partial charge in [-0.1, -0.05) is 136 Å². The lowest BCUT2D eigenvalue weighted by molar-refractivity contribution is 0.136. The largest absolute Gasteiger partial charge is 0.356 e. The molecule has 0 N–H and O–H groups in total. The van der Waals surface area contributed by atoms with E-state index in [-0.39, 0.29) is 0 Å². The van der Waals surface area contributed by atoms with Crippen LogP contribution in [0.15, 0.2) is 12.4 Å². The standard InChI is InChI=1S/C30H60N2/c1-4-7-10-11-12-13-14-15-16-17-18-19-20-21-22-23-24-25-30-31(26-8-5-2)28-29-32(30)27-9-6-3/h28-30H,4-27H2,1-3H3. The maximum Gasteiger partial charge on any atom is 0.101 e. The molecule has 0 radical (unpaired) electrons.